The first-order chi connectivity index (χ1) is 16.3. The molecule has 0 atom stereocenters. The lowest BCUT2D eigenvalue weighted by Crippen LogP contribution is -2.32. The van der Waals surface area contributed by atoms with E-state index in [-0.39, 0.29) is 0 Å². The third kappa shape index (κ3) is 6.82. The van der Waals surface area contributed by atoms with Gasteiger partial charge in [-0.3, -0.25) is 9.59 Å². The highest BCUT2D eigenvalue weighted by molar-refractivity contribution is 9.10. The zero-order valence-electron chi connectivity index (χ0n) is 18.8. The lowest BCUT2D eigenvalue weighted by Gasteiger charge is -2.13. The number of nitrogens with zero attached hydrogens (tertiary/aromatic N) is 1. The average molecular weight is 545 g/mol. The molecule has 0 bridgehead atoms. The molecule has 0 aromatic heterocycles. The minimum atomic E-state index is -0.885. The number of carbonyl (C=O) groups is 2. The molecule has 2 N–H and O–H groups in total. The highest BCUT2D eigenvalue weighted by Crippen LogP contribution is 2.37. The molecule has 0 aliphatic carbocycles. The van der Waals surface area contributed by atoms with Crippen LogP contribution in [-0.2, 0) is 16.2 Å². The molecule has 9 heteroatoms. The second-order valence-electron chi connectivity index (χ2n) is 7.42. The Labute approximate surface area is 211 Å². The molecule has 0 saturated heterocycles. The maximum atomic E-state index is 12.2. The molecule has 176 valence electrons. The number of ether oxygens (including phenoxy) is 2. The summed E-state index contributed by atoms with van der Waals surface area (Å²) in [5.41, 5.74) is 6.16. The summed E-state index contributed by atoms with van der Waals surface area (Å²) in [5.74, 6) is -0.715. The van der Waals surface area contributed by atoms with Gasteiger partial charge in [0, 0.05) is 10.7 Å². The van der Waals surface area contributed by atoms with Gasteiger partial charge in [-0.2, -0.15) is 5.10 Å². The summed E-state index contributed by atoms with van der Waals surface area (Å²) in [5, 5.41) is 7.09. The number of aryl methyl sites for hydroxylation is 2. The summed E-state index contributed by atoms with van der Waals surface area (Å²) in [4.78, 5) is 24.3. The minimum Gasteiger partial charge on any atom is -0.493 e. The molecule has 0 heterocycles. The first kappa shape index (κ1) is 25.3. The molecule has 0 aliphatic heterocycles. The first-order valence-corrected chi connectivity index (χ1v) is 11.4. The number of anilines is 1. The minimum absolute atomic E-state index is 0.300. The van der Waals surface area contributed by atoms with E-state index in [0.29, 0.717) is 38.9 Å². The van der Waals surface area contributed by atoms with Crippen molar-refractivity contribution in [2.75, 3.05) is 12.4 Å². The van der Waals surface area contributed by atoms with Crippen LogP contribution < -0.4 is 20.2 Å². The summed E-state index contributed by atoms with van der Waals surface area (Å²) < 4.78 is 12.0. The van der Waals surface area contributed by atoms with Crippen LogP contribution in [0.2, 0.25) is 5.02 Å². The SMILES string of the molecule is COc1cc(C=NNC(=O)C(=O)Nc2cc(C)ccc2C)cc(Br)c1OCc1cccc(Cl)c1. The molecule has 0 aliphatic rings. The maximum absolute atomic E-state index is 12.2. The molecule has 0 fully saturated rings. The molecule has 0 spiro atoms. The zero-order valence-corrected chi connectivity index (χ0v) is 21.2. The van der Waals surface area contributed by atoms with Crippen molar-refractivity contribution in [3.8, 4) is 11.5 Å². The van der Waals surface area contributed by atoms with E-state index in [9.17, 15) is 9.59 Å². The number of hydrazone groups is 1. The van der Waals surface area contributed by atoms with E-state index in [1.165, 1.54) is 13.3 Å². The quantitative estimate of drug-likeness (QED) is 0.237. The van der Waals surface area contributed by atoms with Crippen molar-refractivity contribution < 1.29 is 19.1 Å². The van der Waals surface area contributed by atoms with Crippen LogP contribution in [0.15, 0.2) is 64.2 Å². The smallest absolute Gasteiger partial charge is 0.329 e. The van der Waals surface area contributed by atoms with Crippen LogP contribution in [0.4, 0.5) is 5.69 Å². The molecule has 0 saturated carbocycles. The number of hydrogen-bond acceptors (Lipinski definition) is 5. The highest BCUT2D eigenvalue weighted by atomic mass is 79.9. The fraction of sp³-hybridized carbons (Fsp3) is 0.160. The van der Waals surface area contributed by atoms with Gasteiger partial charge >= 0.3 is 11.8 Å². The van der Waals surface area contributed by atoms with Crippen molar-refractivity contribution in [1.82, 2.24) is 5.43 Å². The molecule has 0 radical (unpaired) electrons. The largest absolute Gasteiger partial charge is 0.493 e. The van der Waals surface area contributed by atoms with Gasteiger partial charge in [-0.15, -0.1) is 0 Å². The Balaban J connectivity index is 1.63. The fourth-order valence-corrected chi connectivity index (χ4v) is 3.79. The van der Waals surface area contributed by atoms with Gasteiger partial charge in [0.2, 0.25) is 0 Å². The standard InChI is InChI=1S/C25H23BrClN3O4/c1-15-7-8-16(2)21(9-15)29-24(31)25(32)30-28-13-18-11-20(26)23(22(12-18)33-3)34-14-17-5-4-6-19(27)10-17/h4-13H,14H2,1-3H3,(H,29,31)(H,30,32). The molecule has 0 unspecified atom stereocenters. The molecule has 3 aromatic rings. The van der Waals surface area contributed by atoms with Gasteiger partial charge in [0.15, 0.2) is 11.5 Å². The number of carbonyl (C=O) groups excluding carboxylic acids is 2. The highest BCUT2D eigenvalue weighted by Gasteiger charge is 2.15. The van der Waals surface area contributed by atoms with Gasteiger partial charge in [0.25, 0.3) is 0 Å². The number of methoxy groups -OCH3 is 1. The second-order valence-corrected chi connectivity index (χ2v) is 8.72. The van der Waals surface area contributed by atoms with Gasteiger partial charge in [-0.25, -0.2) is 5.43 Å². The predicted octanol–water partition coefficient (Wildman–Crippen LogP) is 5.40. The Morgan fingerprint density at radius 2 is 1.88 bits per heavy atom. The second kappa shape index (κ2) is 11.7. The van der Waals surface area contributed by atoms with E-state index in [1.54, 1.807) is 24.3 Å². The van der Waals surface area contributed by atoms with Crippen LogP contribution in [0.5, 0.6) is 11.5 Å². The molecule has 3 rings (SSSR count). The Hall–Kier alpha value is -3.36. The van der Waals surface area contributed by atoms with Gasteiger partial charge in [-0.1, -0.05) is 35.9 Å². The van der Waals surface area contributed by atoms with Crippen molar-refractivity contribution in [2.45, 2.75) is 20.5 Å². The van der Waals surface area contributed by atoms with E-state index >= 15 is 0 Å². The molecule has 7 nitrogen and oxygen atoms in total. The number of rotatable bonds is 7. The van der Waals surface area contributed by atoms with Crippen LogP contribution >= 0.6 is 27.5 Å². The molecule has 3 aromatic carbocycles. The van der Waals surface area contributed by atoms with Crippen molar-refractivity contribution >= 4 is 51.2 Å². The molecule has 34 heavy (non-hydrogen) atoms. The number of hydrogen-bond donors (Lipinski definition) is 2. The molecular formula is C25H23BrClN3O4. The van der Waals surface area contributed by atoms with Crippen LogP contribution in [0.3, 0.4) is 0 Å². The van der Waals surface area contributed by atoms with Gasteiger partial charge < -0.3 is 14.8 Å². The summed E-state index contributed by atoms with van der Waals surface area (Å²) in [6.07, 6.45) is 1.40. The number of halogens is 2. The summed E-state index contributed by atoms with van der Waals surface area (Å²) in [6.45, 7) is 4.05. The van der Waals surface area contributed by atoms with Crippen molar-refractivity contribution in [2.24, 2.45) is 5.10 Å². The normalized spacial score (nSPS) is 10.7. The molecular weight excluding hydrogens is 522 g/mol. The zero-order chi connectivity index (χ0) is 24.7. The fourth-order valence-electron chi connectivity index (χ4n) is 3.00. The Morgan fingerprint density at radius 1 is 1.09 bits per heavy atom. The number of nitrogens with one attached hydrogen (secondary N) is 2. The number of amides is 2. The third-order valence-electron chi connectivity index (χ3n) is 4.75. The van der Waals surface area contributed by atoms with Gasteiger partial charge in [-0.05, 0) is 82.4 Å². The van der Waals surface area contributed by atoms with Crippen molar-refractivity contribution in [3.05, 3.63) is 86.3 Å². The van der Waals surface area contributed by atoms with E-state index in [2.05, 4.69) is 31.8 Å². The average Bonchev–Trinajstić information content (AvgIpc) is 2.80. The van der Waals surface area contributed by atoms with Crippen LogP contribution in [0.1, 0.15) is 22.3 Å². The van der Waals surface area contributed by atoms with E-state index in [1.807, 2.05) is 44.2 Å². The summed E-state index contributed by atoms with van der Waals surface area (Å²) in [6, 6.07) is 16.4. The maximum Gasteiger partial charge on any atom is 0.329 e. The Morgan fingerprint density at radius 3 is 2.62 bits per heavy atom. The lowest BCUT2D eigenvalue weighted by atomic mass is 10.1. The van der Waals surface area contributed by atoms with Crippen LogP contribution in [0.25, 0.3) is 0 Å². The monoisotopic (exact) mass is 543 g/mol. The van der Waals surface area contributed by atoms with Crippen molar-refractivity contribution in [1.29, 1.82) is 0 Å². The van der Waals surface area contributed by atoms with E-state index in [4.69, 9.17) is 21.1 Å². The van der Waals surface area contributed by atoms with E-state index in [0.717, 1.165) is 16.7 Å². The van der Waals surface area contributed by atoms with Crippen molar-refractivity contribution in [3.63, 3.8) is 0 Å². The van der Waals surface area contributed by atoms with Crippen LogP contribution in [0, 0.1) is 13.8 Å². The van der Waals surface area contributed by atoms with Gasteiger partial charge in [0.05, 0.1) is 17.8 Å². The summed E-state index contributed by atoms with van der Waals surface area (Å²) in [7, 11) is 1.52. The topological polar surface area (TPSA) is 89.0 Å². The lowest BCUT2D eigenvalue weighted by molar-refractivity contribution is -0.136. The Kier molecular flexibility index (Phi) is 8.67. The van der Waals surface area contributed by atoms with Gasteiger partial charge in [0.1, 0.15) is 6.61 Å². The van der Waals surface area contributed by atoms with Crippen LogP contribution in [-0.4, -0.2) is 25.1 Å². The van der Waals surface area contributed by atoms with E-state index < -0.39 is 11.8 Å². The number of benzene rings is 3. The Bertz CT molecular complexity index is 1250. The first-order valence-electron chi connectivity index (χ1n) is 10.2. The predicted molar refractivity (Wildman–Crippen MR) is 137 cm³/mol. The summed E-state index contributed by atoms with van der Waals surface area (Å²) >= 11 is 9.50. The molecule has 2 amide bonds. The third-order valence-corrected chi connectivity index (χ3v) is 5.58.